The predicted octanol–water partition coefficient (Wildman–Crippen LogP) is 2.88. The minimum Gasteiger partial charge on any atom is -0.494 e. The van der Waals surface area contributed by atoms with Crippen LogP contribution in [-0.4, -0.2) is 34.6 Å². The van der Waals surface area contributed by atoms with Crippen molar-refractivity contribution in [2.75, 3.05) is 13.2 Å². The maximum atomic E-state index is 12.8. The molecule has 0 aliphatic heterocycles. The number of hydrazone groups is 1. The molecule has 8 heteroatoms. The molecule has 156 valence electrons. The van der Waals surface area contributed by atoms with E-state index in [4.69, 9.17) is 9.47 Å². The van der Waals surface area contributed by atoms with Crippen LogP contribution in [0.1, 0.15) is 36.8 Å². The van der Waals surface area contributed by atoms with E-state index in [-0.39, 0.29) is 11.3 Å². The van der Waals surface area contributed by atoms with Crippen molar-refractivity contribution >= 4 is 22.4 Å². The van der Waals surface area contributed by atoms with Gasteiger partial charge in [0.25, 0.3) is 11.5 Å². The monoisotopic (exact) mass is 408 g/mol. The van der Waals surface area contributed by atoms with E-state index in [2.05, 4.69) is 15.6 Å². The first-order chi connectivity index (χ1) is 14.5. The summed E-state index contributed by atoms with van der Waals surface area (Å²) in [7, 11) is 1.51. The molecule has 0 saturated heterocycles. The van der Waals surface area contributed by atoms with Crippen molar-refractivity contribution in [2.24, 2.45) is 12.1 Å². The van der Waals surface area contributed by atoms with E-state index in [1.54, 1.807) is 31.2 Å². The highest BCUT2D eigenvalue weighted by Crippen LogP contribution is 2.25. The van der Waals surface area contributed by atoms with E-state index in [0.717, 1.165) is 4.68 Å². The van der Waals surface area contributed by atoms with Crippen molar-refractivity contribution in [3.63, 3.8) is 0 Å². The SMILES string of the molecule is CCOc1ccc(OCC)c(/C(C)=N\NC(=O)c2nn(C)c(=O)c3ccccc23)c1. The van der Waals surface area contributed by atoms with Gasteiger partial charge in [-0.15, -0.1) is 0 Å². The first-order valence-electron chi connectivity index (χ1n) is 9.67. The van der Waals surface area contributed by atoms with Gasteiger partial charge in [0, 0.05) is 18.0 Å². The number of rotatable bonds is 7. The lowest BCUT2D eigenvalue weighted by molar-refractivity contribution is 0.0949. The third kappa shape index (κ3) is 4.32. The van der Waals surface area contributed by atoms with Gasteiger partial charge in [0.15, 0.2) is 5.69 Å². The summed E-state index contributed by atoms with van der Waals surface area (Å²) in [6.07, 6.45) is 0. The number of hydrogen-bond acceptors (Lipinski definition) is 6. The molecule has 3 rings (SSSR count). The van der Waals surface area contributed by atoms with Gasteiger partial charge in [0.2, 0.25) is 0 Å². The van der Waals surface area contributed by atoms with Crippen LogP contribution in [0.15, 0.2) is 52.4 Å². The van der Waals surface area contributed by atoms with Crippen LogP contribution in [0.25, 0.3) is 10.8 Å². The van der Waals surface area contributed by atoms with Crippen LogP contribution in [0.4, 0.5) is 0 Å². The lowest BCUT2D eigenvalue weighted by Crippen LogP contribution is -2.27. The van der Waals surface area contributed by atoms with Crippen molar-refractivity contribution in [2.45, 2.75) is 20.8 Å². The molecular formula is C22H24N4O4. The van der Waals surface area contributed by atoms with E-state index in [0.29, 0.717) is 46.8 Å². The molecule has 0 radical (unpaired) electrons. The Morgan fingerprint density at radius 2 is 1.80 bits per heavy atom. The fourth-order valence-corrected chi connectivity index (χ4v) is 3.04. The first-order valence-corrected chi connectivity index (χ1v) is 9.67. The molecule has 1 N–H and O–H groups in total. The van der Waals surface area contributed by atoms with E-state index >= 15 is 0 Å². The number of hydrogen-bond donors (Lipinski definition) is 1. The molecule has 0 spiro atoms. The van der Waals surface area contributed by atoms with Crippen LogP contribution in [-0.2, 0) is 7.05 Å². The zero-order valence-corrected chi connectivity index (χ0v) is 17.4. The van der Waals surface area contributed by atoms with Gasteiger partial charge < -0.3 is 9.47 Å². The molecular weight excluding hydrogens is 384 g/mol. The lowest BCUT2D eigenvalue weighted by Gasteiger charge is -2.12. The third-order valence-electron chi connectivity index (χ3n) is 4.45. The molecule has 0 fully saturated rings. The summed E-state index contributed by atoms with van der Waals surface area (Å²) in [5.74, 6) is 0.810. The molecule has 0 aliphatic rings. The summed E-state index contributed by atoms with van der Waals surface area (Å²) in [6, 6.07) is 12.3. The minimum absolute atomic E-state index is 0.123. The number of aryl methyl sites for hydroxylation is 1. The highest BCUT2D eigenvalue weighted by molar-refractivity contribution is 6.06. The Morgan fingerprint density at radius 1 is 1.10 bits per heavy atom. The summed E-state index contributed by atoms with van der Waals surface area (Å²) in [5, 5.41) is 9.23. The van der Waals surface area contributed by atoms with Crippen LogP contribution < -0.4 is 20.5 Å². The Bertz CT molecular complexity index is 1170. The Morgan fingerprint density at radius 3 is 2.50 bits per heavy atom. The Kier molecular flexibility index (Phi) is 6.46. The molecule has 8 nitrogen and oxygen atoms in total. The number of carbonyl (C=O) groups is 1. The largest absolute Gasteiger partial charge is 0.494 e. The smallest absolute Gasteiger partial charge is 0.292 e. The quantitative estimate of drug-likeness (QED) is 0.479. The van der Waals surface area contributed by atoms with Gasteiger partial charge in [-0.1, -0.05) is 18.2 Å². The molecule has 30 heavy (non-hydrogen) atoms. The summed E-state index contributed by atoms with van der Waals surface area (Å²) in [4.78, 5) is 25.0. The standard InChI is InChI=1S/C22H24N4O4/c1-5-29-15-11-12-19(30-6-2)18(13-15)14(3)23-24-21(27)20-16-9-7-8-10-17(16)22(28)26(4)25-20/h7-13H,5-6H2,1-4H3,(H,24,27)/b23-14-. The van der Waals surface area contributed by atoms with Crippen molar-refractivity contribution in [1.29, 1.82) is 0 Å². The normalized spacial score (nSPS) is 11.4. The van der Waals surface area contributed by atoms with E-state index in [1.165, 1.54) is 7.05 Å². The summed E-state index contributed by atoms with van der Waals surface area (Å²) in [6.45, 7) is 6.59. The molecule has 1 amide bonds. The minimum atomic E-state index is -0.514. The molecule has 3 aromatic rings. The van der Waals surface area contributed by atoms with Gasteiger partial charge in [-0.3, -0.25) is 9.59 Å². The van der Waals surface area contributed by atoms with Crippen LogP contribution in [0.2, 0.25) is 0 Å². The highest BCUT2D eigenvalue weighted by Gasteiger charge is 2.16. The van der Waals surface area contributed by atoms with E-state index in [9.17, 15) is 9.59 Å². The predicted molar refractivity (Wildman–Crippen MR) is 115 cm³/mol. The first kappa shape index (κ1) is 21.0. The van der Waals surface area contributed by atoms with Gasteiger partial charge in [0.05, 0.1) is 24.3 Å². The molecule has 2 aromatic carbocycles. The topological polar surface area (TPSA) is 94.8 Å². The second kappa shape index (κ2) is 9.21. The maximum absolute atomic E-state index is 12.8. The Balaban J connectivity index is 1.94. The van der Waals surface area contributed by atoms with E-state index < -0.39 is 5.91 Å². The number of carbonyl (C=O) groups excluding carboxylic acids is 1. The summed E-state index contributed by atoms with van der Waals surface area (Å²) < 4.78 is 12.4. The average Bonchev–Trinajstić information content (AvgIpc) is 2.75. The maximum Gasteiger partial charge on any atom is 0.292 e. The van der Waals surface area contributed by atoms with Crippen molar-refractivity contribution in [3.05, 3.63) is 64.1 Å². The number of amides is 1. The van der Waals surface area contributed by atoms with Gasteiger partial charge in [-0.05, 0) is 45.0 Å². The highest BCUT2D eigenvalue weighted by atomic mass is 16.5. The Labute approximate surface area is 174 Å². The van der Waals surface area contributed by atoms with Crippen molar-refractivity contribution in [3.8, 4) is 11.5 Å². The second-order valence-corrected chi connectivity index (χ2v) is 6.49. The van der Waals surface area contributed by atoms with Crippen LogP contribution >= 0.6 is 0 Å². The molecule has 1 aromatic heterocycles. The Hall–Kier alpha value is -3.68. The summed E-state index contributed by atoms with van der Waals surface area (Å²) >= 11 is 0. The second-order valence-electron chi connectivity index (χ2n) is 6.49. The number of nitrogens with one attached hydrogen (secondary N) is 1. The molecule has 0 bridgehead atoms. The number of aromatic nitrogens is 2. The van der Waals surface area contributed by atoms with Crippen molar-refractivity contribution < 1.29 is 14.3 Å². The van der Waals surface area contributed by atoms with Gasteiger partial charge in [0.1, 0.15) is 11.5 Å². The fourth-order valence-electron chi connectivity index (χ4n) is 3.04. The van der Waals surface area contributed by atoms with E-state index in [1.807, 2.05) is 32.0 Å². The van der Waals surface area contributed by atoms with Crippen LogP contribution in [0.5, 0.6) is 11.5 Å². The molecule has 0 atom stereocenters. The van der Waals surface area contributed by atoms with Crippen LogP contribution in [0.3, 0.4) is 0 Å². The molecule has 0 saturated carbocycles. The molecule has 0 aliphatic carbocycles. The van der Waals surface area contributed by atoms with Gasteiger partial charge in [-0.25, -0.2) is 10.1 Å². The number of benzene rings is 2. The lowest BCUT2D eigenvalue weighted by atomic mass is 10.1. The molecule has 1 heterocycles. The number of ether oxygens (including phenoxy) is 2. The number of fused-ring (bicyclic) bond motifs is 1. The van der Waals surface area contributed by atoms with Gasteiger partial charge in [-0.2, -0.15) is 10.2 Å². The molecule has 0 unspecified atom stereocenters. The third-order valence-corrected chi connectivity index (χ3v) is 4.45. The van der Waals surface area contributed by atoms with Crippen LogP contribution in [0, 0.1) is 0 Å². The average molecular weight is 408 g/mol. The zero-order chi connectivity index (χ0) is 21.7. The zero-order valence-electron chi connectivity index (χ0n) is 17.4. The summed E-state index contributed by atoms with van der Waals surface area (Å²) in [5.41, 5.74) is 3.64. The number of nitrogens with zero attached hydrogens (tertiary/aromatic N) is 3. The van der Waals surface area contributed by atoms with Crippen molar-refractivity contribution in [1.82, 2.24) is 15.2 Å². The fraction of sp³-hybridized carbons (Fsp3) is 0.273. The van der Waals surface area contributed by atoms with Gasteiger partial charge >= 0.3 is 0 Å².